The van der Waals surface area contributed by atoms with Crippen molar-refractivity contribution in [3.05, 3.63) is 78.4 Å². The first-order valence-electron chi connectivity index (χ1n) is 10.7. The van der Waals surface area contributed by atoms with E-state index in [0.29, 0.717) is 41.3 Å². The number of benzene rings is 3. The Labute approximate surface area is 194 Å². The molecule has 1 saturated heterocycles. The van der Waals surface area contributed by atoms with Gasteiger partial charge in [0.25, 0.3) is 0 Å². The molecule has 3 aromatic rings. The van der Waals surface area contributed by atoms with E-state index in [-0.39, 0.29) is 17.3 Å². The number of hydrogen-bond donors (Lipinski definition) is 1. The normalized spacial score (nSPS) is 16.4. The molecule has 1 aliphatic rings. The summed E-state index contributed by atoms with van der Waals surface area (Å²) < 4.78 is 39.3. The lowest BCUT2D eigenvalue weighted by Gasteiger charge is -2.24. The van der Waals surface area contributed by atoms with Crippen LogP contribution in [0.15, 0.2) is 77.7 Å². The van der Waals surface area contributed by atoms with Gasteiger partial charge in [-0.25, -0.2) is 8.42 Å². The van der Waals surface area contributed by atoms with Crippen LogP contribution in [0.25, 0.3) is 0 Å². The van der Waals surface area contributed by atoms with Gasteiger partial charge in [0, 0.05) is 12.6 Å². The molecule has 1 fully saturated rings. The summed E-state index contributed by atoms with van der Waals surface area (Å²) in [6.07, 6.45) is 1.04. The van der Waals surface area contributed by atoms with E-state index >= 15 is 0 Å². The quantitative estimate of drug-likeness (QED) is 0.551. The minimum atomic E-state index is -3.89. The van der Waals surface area contributed by atoms with E-state index in [9.17, 15) is 13.2 Å². The lowest BCUT2D eigenvalue weighted by atomic mass is 10.2. The van der Waals surface area contributed by atoms with Crippen LogP contribution in [0, 0.1) is 6.92 Å². The molecule has 3 aromatic carbocycles. The molecule has 0 spiro atoms. The summed E-state index contributed by atoms with van der Waals surface area (Å²) in [6.45, 7) is 2.01. The molecule has 0 radical (unpaired) electrons. The molecule has 1 atom stereocenters. The van der Waals surface area contributed by atoms with Crippen molar-refractivity contribution in [2.24, 2.45) is 0 Å². The predicted octanol–water partition coefficient (Wildman–Crippen LogP) is 4.59. The first kappa shape index (κ1) is 22.8. The number of amides is 1. The number of carbonyl (C=O) groups excluding carboxylic acids is 1. The number of anilines is 1. The van der Waals surface area contributed by atoms with Gasteiger partial charge < -0.3 is 14.8 Å². The Balaban J connectivity index is 1.57. The van der Waals surface area contributed by atoms with Gasteiger partial charge in [0.1, 0.15) is 17.5 Å². The highest BCUT2D eigenvalue weighted by Gasteiger charge is 2.40. The highest BCUT2D eigenvalue weighted by atomic mass is 32.2. The molecule has 172 valence electrons. The van der Waals surface area contributed by atoms with Gasteiger partial charge in [-0.1, -0.05) is 36.4 Å². The van der Waals surface area contributed by atoms with Gasteiger partial charge in [-0.05, 0) is 55.7 Å². The Hall–Kier alpha value is -3.36. The monoisotopic (exact) mass is 466 g/mol. The van der Waals surface area contributed by atoms with Crippen LogP contribution in [0.4, 0.5) is 5.69 Å². The van der Waals surface area contributed by atoms with E-state index in [0.717, 1.165) is 0 Å². The minimum Gasteiger partial charge on any atom is -0.497 e. The van der Waals surface area contributed by atoms with Gasteiger partial charge in [0.05, 0.1) is 17.7 Å². The first-order valence-corrected chi connectivity index (χ1v) is 12.1. The van der Waals surface area contributed by atoms with Gasteiger partial charge in [-0.3, -0.25) is 4.79 Å². The van der Waals surface area contributed by atoms with E-state index in [1.165, 1.54) is 17.5 Å². The third-order valence-corrected chi connectivity index (χ3v) is 7.65. The molecule has 1 N–H and O–H groups in total. The zero-order chi connectivity index (χ0) is 23.4. The number of nitrogens with zero attached hydrogens (tertiary/aromatic N) is 1. The number of rotatable bonds is 7. The summed E-state index contributed by atoms with van der Waals surface area (Å²) in [7, 11) is -2.40. The largest absolute Gasteiger partial charge is 0.497 e. The SMILES string of the molecule is COc1ccc(C)c(S(=O)(=O)N2CCC[C@@H]2C(=O)Nc2ccccc2Oc2ccccc2)c1. The van der Waals surface area contributed by atoms with Crippen molar-refractivity contribution < 1.29 is 22.7 Å². The number of sulfonamides is 1. The second-order valence-electron chi connectivity index (χ2n) is 7.81. The van der Waals surface area contributed by atoms with Crippen LogP contribution >= 0.6 is 0 Å². The molecule has 0 aliphatic carbocycles. The molecule has 1 aliphatic heterocycles. The molecule has 1 amide bonds. The Morgan fingerprint density at radius 3 is 2.48 bits per heavy atom. The number of para-hydroxylation sites is 3. The summed E-state index contributed by atoms with van der Waals surface area (Å²) >= 11 is 0. The first-order chi connectivity index (χ1) is 15.9. The summed E-state index contributed by atoms with van der Waals surface area (Å²) in [4.78, 5) is 13.4. The summed E-state index contributed by atoms with van der Waals surface area (Å²) in [5.41, 5.74) is 1.08. The van der Waals surface area contributed by atoms with E-state index < -0.39 is 16.1 Å². The number of methoxy groups -OCH3 is 1. The fourth-order valence-electron chi connectivity index (χ4n) is 3.89. The van der Waals surface area contributed by atoms with Crippen LogP contribution < -0.4 is 14.8 Å². The zero-order valence-electron chi connectivity index (χ0n) is 18.5. The van der Waals surface area contributed by atoms with Crippen molar-refractivity contribution >= 4 is 21.6 Å². The van der Waals surface area contributed by atoms with Crippen LogP contribution in [0.2, 0.25) is 0 Å². The molecule has 7 nitrogen and oxygen atoms in total. The molecule has 8 heteroatoms. The summed E-state index contributed by atoms with van der Waals surface area (Å²) in [5.74, 6) is 1.18. The summed E-state index contributed by atoms with van der Waals surface area (Å²) in [5, 5.41) is 2.87. The van der Waals surface area contributed by atoms with E-state index in [1.54, 1.807) is 37.3 Å². The Bertz CT molecular complexity index is 1240. The highest BCUT2D eigenvalue weighted by molar-refractivity contribution is 7.89. The lowest BCUT2D eigenvalue weighted by molar-refractivity contribution is -0.119. The fourth-order valence-corrected chi connectivity index (χ4v) is 5.79. The van der Waals surface area contributed by atoms with Gasteiger partial charge in [0.2, 0.25) is 15.9 Å². The molecule has 4 rings (SSSR count). The molecule has 1 heterocycles. The number of carbonyl (C=O) groups is 1. The molecule has 33 heavy (non-hydrogen) atoms. The molecular formula is C25H26N2O5S. The van der Waals surface area contributed by atoms with E-state index in [4.69, 9.17) is 9.47 Å². The second kappa shape index (κ2) is 9.64. The van der Waals surface area contributed by atoms with Crippen LogP contribution in [-0.4, -0.2) is 38.3 Å². The van der Waals surface area contributed by atoms with Crippen molar-refractivity contribution in [2.75, 3.05) is 19.0 Å². The van der Waals surface area contributed by atoms with Crippen molar-refractivity contribution in [3.8, 4) is 17.2 Å². The van der Waals surface area contributed by atoms with Crippen LogP contribution in [-0.2, 0) is 14.8 Å². The smallest absolute Gasteiger partial charge is 0.244 e. The highest BCUT2D eigenvalue weighted by Crippen LogP contribution is 2.33. The summed E-state index contributed by atoms with van der Waals surface area (Å²) in [6, 6.07) is 20.4. The molecule has 0 unspecified atom stereocenters. The third-order valence-electron chi connectivity index (χ3n) is 5.60. The number of aryl methyl sites for hydroxylation is 1. The van der Waals surface area contributed by atoms with Crippen LogP contribution in [0.5, 0.6) is 17.2 Å². The van der Waals surface area contributed by atoms with Gasteiger partial charge in [-0.2, -0.15) is 4.31 Å². The van der Waals surface area contributed by atoms with Gasteiger partial charge >= 0.3 is 0 Å². The zero-order valence-corrected chi connectivity index (χ0v) is 19.3. The van der Waals surface area contributed by atoms with Crippen molar-refractivity contribution in [1.82, 2.24) is 4.31 Å². The number of nitrogens with one attached hydrogen (secondary N) is 1. The Morgan fingerprint density at radius 1 is 1.00 bits per heavy atom. The third kappa shape index (κ3) is 4.86. The van der Waals surface area contributed by atoms with Crippen LogP contribution in [0.1, 0.15) is 18.4 Å². The number of hydrogen-bond acceptors (Lipinski definition) is 5. The molecule has 0 bridgehead atoms. The average molecular weight is 467 g/mol. The maximum atomic E-state index is 13.5. The Kier molecular flexibility index (Phi) is 6.67. The predicted molar refractivity (Wildman–Crippen MR) is 126 cm³/mol. The number of ether oxygens (including phenoxy) is 2. The van der Waals surface area contributed by atoms with Crippen molar-refractivity contribution in [2.45, 2.75) is 30.7 Å². The van der Waals surface area contributed by atoms with E-state index in [1.807, 2.05) is 36.4 Å². The maximum absolute atomic E-state index is 13.5. The lowest BCUT2D eigenvalue weighted by Crippen LogP contribution is -2.43. The topological polar surface area (TPSA) is 84.9 Å². The molecule has 0 saturated carbocycles. The Morgan fingerprint density at radius 2 is 1.73 bits per heavy atom. The molecular weight excluding hydrogens is 440 g/mol. The van der Waals surface area contributed by atoms with Crippen LogP contribution in [0.3, 0.4) is 0 Å². The van der Waals surface area contributed by atoms with E-state index in [2.05, 4.69) is 5.32 Å². The second-order valence-corrected chi connectivity index (χ2v) is 9.66. The van der Waals surface area contributed by atoms with Crippen molar-refractivity contribution in [3.63, 3.8) is 0 Å². The average Bonchev–Trinajstić information content (AvgIpc) is 3.32. The standard InChI is InChI=1S/C25H26N2O5S/c1-18-14-15-20(31-2)17-24(18)33(29,30)27-16-8-12-22(27)25(28)26-21-11-6-7-13-23(21)32-19-9-4-3-5-10-19/h3-7,9-11,13-15,17,22H,8,12,16H2,1-2H3,(H,26,28)/t22-/m1/s1. The molecule has 0 aromatic heterocycles. The van der Waals surface area contributed by atoms with Gasteiger partial charge in [-0.15, -0.1) is 0 Å². The maximum Gasteiger partial charge on any atom is 0.244 e. The minimum absolute atomic E-state index is 0.148. The van der Waals surface area contributed by atoms with Crippen molar-refractivity contribution in [1.29, 1.82) is 0 Å². The fraction of sp³-hybridized carbons (Fsp3) is 0.240. The van der Waals surface area contributed by atoms with Gasteiger partial charge in [0.15, 0.2) is 5.75 Å².